The van der Waals surface area contributed by atoms with E-state index in [1.165, 1.54) is 4.63 Å². The van der Waals surface area contributed by atoms with Crippen LogP contribution in [-0.4, -0.2) is 52.1 Å². The van der Waals surface area contributed by atoms with Crippen molar-refractivity contribution in [3.05, 3.63) is 12.1 Å². The second kappa shape index (κ2) is 4.84. The molecular formula is C9H14N6O. The Bertz CT molecular complexity index is 456. The highest BCUT2D eigenvalue weighted by atomic mass is 16.5. The summed E-state index contributed by atoms with van der Waals surface area (Å²) >= 11 is 0. The number of anilines is 1. The number of hydrogen-bond donors (Lipinski definition) is 0. The second-order valence-electron chi connectivity index (χ2n) is 3.34. The number of likely N-dealkylation sites (N-methyl/N-ethyl adjacent to an activating group) is 1. The molecule has 2 heterocycles. The van der Waals surface area contributed by atoms with Crippen LogP contribution in [0.15, 0.2) is 12.1 Å². The van der Waals surface area contributed by atoms with Gasteiger partial charge in [0.1, 0.15) is 0 Å². The summed E-state index contributed by atoms with van der Waals surface area (Å²) in [6, 6.07) is 3.72. The number of fused-ring (bicyclic) bond motifs is 1. The standard InChI is InChI=1S/C9H14N6O/c1-3-16-7-6-14(2)9-5-4-8-10-12-13-15(8)11-9/h4-5H,3,6-7H2,1-2H3. The number of rotatable bonds is 5. The molecule has 2 rings (SSSR count). The van der Waals surface area contributed by atoms with Crippen LogP contribution in [0.1, 0.15) is 6.92 Å². The van der Waals surface area contributed by atoms with Crippen LogP contribution in [0.2, 0.25) is 0 Å². The zero-order valence-electron chi connectivity index (χ0n) is 9.37. The maximum Gasteiger partial charge on any atom is 0.200 e. The van der Waals surface area contributed by atoms with Crippen molar-refractivity contribution in [2.24, 2.45) is 0 Å². The van der Waals surface area contributed by atoms with Gasteiger partial charge >= 0.3 is 0 Å². The third-order valence-corrected chi connectivity index (χ3v) is 2.22. The summed E-state index contributed by atoms with van der Waals surface area (Å²) in [4.78, 5) is 2.00. The third kappa shape index (κ3) is 2.25. The van der Waals surface area contributed by atoms with Crippen LogP contribution in [0.3, 0.4) is 0 Å². The lowest BCUT2D eigenvalue weighted by atomic mass is 10.4. The fraction of sp³-hybridized carbons (Fsp3) is 0.556. The summed E-state index contributed by atoms with van der Waals surface area (Å²) in [5.74, 6) is 0.819. The molecule has 2 aromatic heterocycles. The molecule has 0 amide bonds. The topological polar surface area (TPSA) is 68.4 Å². The Hall–Kier alpha value is -1.76. The van der Waals surface area contributed by atoms with Crippen LogP contribution >= 0.6 is 0 Å². The van der Waals surface area contributed by atoms with Crippen molar-refractivity contribution < 1.29 is 4.74 Å². The van der Waals surface area contributed by atoms with Gasteiger partial charge in [-0.25, -0.2) is 0 Å². The van der Waals surface area contributed by atoms with Crippen molar-refractivity contribution in [1.29, 1.82) is 0 Å². The van der Waals surface area contributed by atoms with Gasteiger partial charge in [-0.05, 0) is 29.5 Å². The maximum absolute atomic E-state index is 5.28. The molecule has 0 atom stereocenters. The number of tetrazole rings is 1. The minimum atomic E-state index is 0.641. The van der Waals surface area contributed by atoms with E-state index in [4.69, 9.17) is 4.74 Å². The quantitative estimate of drug-likeness (QED) is 0.663. The Morgan fingerprint density at radius 2 is 2.31 bits per heavy atom. The largest absolute Gasteiger partial charge is 0.380 e. The summed E-state index contributed by atoms with van der Waals surface area (Å²) in [6.07, 6.45) is 0. The van der Waals surface area contributed by atoms with Gasteiger partial charge in [-0.2, -0.15) is 0 Å². The van der Waals surface area contributed by atoms with Gasteiger partial charge < -0.3 is 9.64 Å². The lowest BCUT2D eigenvalue weighted by molar-refractivity contribution is 0.154. The van der Waals surface area contributed by atoms with E-state index < -0.39 is 0 Å². The number of aromatic nitrogens is 5. The van der Waals surface area contributed by atoms with Gasteiger partial charge in [0.05, 0.1) is 6.61 Å². The summed E-state index contributed by atoms with van der Waals surface area (Å²) < 4.78 is 6.69. The van der Waals surface area contributed by atoms with E-state index in [9.17, 15) is 0 Å². The average molecular weight is 222 g/mol. The minimum absolute atomic E-state index is 0.641. The predicted octanol–water partition coefficient (Wildman–Crippen LogP) is -0.00800. The molecule has 16 heavy (non-hydrogen) atoms. The molecule has 0 N–H and O–H groups in total. The van der Waals surface area contributed by atoms with E-state index in [1.54, 1.807) is 0 Å². The first kappa shape index (κ1) is 10.7. The van der Waals surface area contributed by atoms with Gasteiger partial charge in [-0.15, -0.1) is 14.8 Å². The summed E-state index contributed by atoms with van der Waals surface area (Å²) in [5.41, 5.74) is 0.641. The zero-order chi connectivity index (χ0) is 11.4. The van der Waals surface area contributed by atoms with E-state index in [-0.39, 0.29) is 0 Å². The fourth-order valence-electron chi connectivity index (χ4n) is 1.30. The molecule has 0 aromatic carbocycles. The van der Waals surface area contributed by atoms with Crippen LogP contribution in [0.25, 0.3) is 5.65 Å². The maximum atomic E-state index is 5.28. The second-order valence-corrected chi connectivity index (χ2v) is 3.34. The van der Waals surface area contributed by atoms with Gasteiger partial charge in [0, 0.05) is 20.2 Å². The SMILES string of the molecule is CCOCCN(C)c1ccc2nnnn2n1. The molecule has 2 aromatic rings. The van der Waals surface area contributed by atoms with Crippen molar-refractivity contribution in [3.8, 4) is 0 Å². The first-order valence-corrected chi connectivity index (χ1v) is 5.15. The van der Waals surface area contributed by atoms with E-state index >= 15 is 0 Å². The van der Waals surface area contributed by atoms with Crippen LogP contribution in [0, 0.1) is 0 Å². The Morgan fingerprint density at radius 3 is 3.12 bits per heavy atom. The predicted molar refractivity (Wildman–Crippen MR) is 58.3 cm³/mol. The van der Waals surface area contributed by atoms with E-state index in [1.807, 2.05) is 31.0 Å². The highest BCUT2D eigenvalue weighted by Gasteiger charge is 2.05. The monoisotopic (exact) mass is 222 g/mol. The van der Waals surface area contributed by atoms with Crippen molar-refractivity contribution >= 4 is 11.5 Å². The Balaban J connectivity index is 2.07. The summed E-state index contributed by atoms with van der Waals surface area (Å²) in [5, 5.41) is 15.3. The van der Waals surface area contributed by atoms with Gasteiger partial charge in [-0.3, -0.25) is 0 Å². The van der Waals surface area contributed by atoms with Crippen molar-refractivity contribution in [1.82, 2.24) is 25.3 Å². The fourth-order valence-corrected chi connectivity index (χ4v) is 1.30. The molecular weight excluding hydrogens is 208 g/mol. The molecule has 7 heteroatoms. The molecule has 0 bridgehead atoms. The highest BCUT2D eigenvalue weighted by Crippen LogP contribution is 2.07. The van der Waals surface area contributed by atoms with Crippen molar-refractivity contribution in [2.75, 3.05) is 31.7 Å². The molecule has 0 aliphatic carbocycles. The van der Waals surface area contributed by atoms with E-state index in [0.29, 0.717) is 12.3 Å². The molecule has 0 radical (unpaired) electrons. The minimum Gasteiger partial charge on any atom is -0.380 e. The number of ether oxygens (including phenoxy) is 1. The number of nitrogens with zero attached hydrogens (tertiary/aromatic N) is 6. The van der Waals surface area contributed by atoms with E-state index in [2.05, 4.69) is 20.6 Å². The smallest absolute Gasteiger partial charge is 0.200 e. The average Bonchev–Trinajstić information content (AvgIpc) is 2.76. The van der Waals surface area contributed by atoms with Gasteiger partial charge in [0.25, 0.3) is 0 Å². The first-order valence-electron chi connectivity index (χ1n) is 5.15. The normalized spacial score (nSPS) is 10.9. The first-order chi connectivity index (χ1) is 7.81. The Morgan fingerprint density at radius 1 is 1.44 bits per heavy atom. The lowest BCUT2D eigenvalue weighted by Crippen LogP contribution is -2.24. The van der Waals surface area contributed by atoms with Gasteiger partial charge in [0.15, 0.2) is 11.5 Å². The highest BCUT2D eigenvalue weighted by molar-refractivity contribution is 5.43. The molecule has 0 unspecified atom stereocenters. The van der Waals surface area contributed by atoms with Crippen LogP contribution in [-0.2, 0) is 4.74 Å². The molecule has 0 aliphatic heterocycles. The van der Waals surface area contributed by atoms with Crippen LogP contribution < -0.4 is 4.90 Å². The van der Waals surface area contributed by atoms with Gasteiger partial charge in [-0.1, -0.05) is 0 Å². The third-order valence-electron chi connectivity index (χ3n) is 2.22. The summed E-state index contributed by atoms with van der Waals surface area (Å²) in [7, 11) is 1.96. The zero-order valence-corrected chi connectivity index (χ0v) is 9.37. The van der Waals surface area contributed by atoms with Crippen molar-refractivity contribution in [3.63, 3.8) is 0 Å². The molecule has 0 saturated heterocycles. The molecule has 7 nitrogen and oxygen atoms in total. The molecule has 0 fully saturated rings. The Labute approximate surface area is 93.0 Å². The van der Waals surface area contributed by atoms with Gasteiger partial charge in [0.2, 0.25) is 0 Å². The number of hydrogen-bond acceptors (Lipinski definition) is 6. The van der Waals surface area contributed by atoms with E-state index in [0.717, 1.165) is 19.0 Å². The molecule has 86 valence electrons. The molecule has 0 spiro atoms. The Kier molecular flexibility index (Phi) is 3.25. The summed E-state index contributed by atoms with van der Waals surface area (Å²) in [6.45, 7) is 4.18. The van der Waals surface area contributed by atoms with Crippen LogP contribution in [0.4, 0.5) is 5.82 Å². The van der Waals surface area contributed by atoms with Crippen molar-refractivity contribution in [2.45, 2.75) is 6.92 Å². The molecule has 0 aliphatic rings. The van der Waals surface area contributed by atoms with Crippen LogP contribution in [0.5, 0.6) is 0 Å². The lowest BCUT2D eigenvalue weighted by Gasteiger charge is -2.17. The molecule has 0 saturated carbocycles.